The van der Waals surface area contributed by atoms with E-state index in [9.17, 15) is 9.59 Å². The molecule has 3 aromatic heterocycles. The van der Waals surface area contributed by atoms with Gasteiger partial charge in [-0.2, -0.15) is 0 Å². The molecule has 0 fully saturated rings. The number of amides is 1. The van der Waals surface area contributed by atoms with Crippen LogP contribution >= 0.6 is 12.4 Å². The Morgan fingerprint density at radius 2 is 1.67 bits per heavy atom. The maximum atomic E-state index is 13.1. The van der Waals surface area contributed by atoms with Gasteiger partial charge in [0.25, 0.3) is 11.8 Å². The van der Waals surface area contributed by atoms with Gasteiger partial charge in [0.1, 0.15) is 16.8 Å². The van der Waals surface area contributed by atoms with Gasteiger partial charge in [0, 0.05) is 49.0 Å². The average Bonchev–Trinajstić information content (AvgIpc) is 2.95. The number of halogens is 1. The largest absolute Gasteiger partial charge is 0.491 e. The second kappa shape index (κ2) is 11.7. The number of anilines is 1. The van der Waals surface area contributed by atoms with E-state index in [0.29, 0.717) is 45.4 Å². The SMILES string of the molecule is COc1cc2nccc(Oc3ccc(NC(=O)c4cn(C)cc(-c5ccccc5)c4=O)cc3)c2nc1OC.Cl. The van der Waals surface area contributed by atoms with Gasteiger partial charge < -0.3 is 24.1 Å². The number of methoxy groups -OCH3 is 2. The third-order valence-corrected chi connectivity index (χ3v) is 5.84. The summed E-state index contributed by atoms with van der Waals surface area (Å²) in [5.41, 5.74) is 2.53. The summed E-state index contributed by atoms with van der Waals surface area (Å²) in [6, 6.07) is 19.5. The van der Waals surface area contributed by atoms with Crippen LogP contribution in [0.2, 0.25) is 0 Å². The maximum Gasteiger partial charge on any atom is 0.261 e. The highest BCUT2D eigenvalue weighted by molar-refractivity contribution is 6.04. The molecule has 39 heavy (non-hydrogen) atoms. The van der Waals surface area contributed by atoms with E-state index in [1.165, 1.54) is 20.4 Å². The fourth-order valence-corrected chi connectivity index (χ4v) is 4.01. The van der Waals surface area contributed by atoms with Crippen LogP contribution in [0.15, 0.2) is 90.1 Å². The molecule has 0 radical (unpaired) electrons. The lowest BCUT2D eigenvalue weighted by molar-refractivity contribution is 0.102. The first kappa shape index (κ1) is 27.2. The molecule has 0 saturated carbocycles. The first-order chi connectivity index (χ1) is 18.5. The van der Waals surface area contributed by atoms with Crippen molar-refractivity contribution in [3.8, 4) is 34.3 Å². The minimum absolute atomic E-state index is 0. The predicted octanol–water partition coefficient (Wildman–Crippen LogP) is 5.48. The Balaban J connectivity index is 0.00000353. The van der Waals surface area contributed by atoms with Crippen molar-refractivity contribution in [1.82, 2.24) is 14.5 Å². The number of rotatable bonds is 7. The number of fused-ring (bicyclic) bond motifs is 1. The topological polar surface area (TPSA) is 105 Å². The summed E-state index contributed by atoms with van der Waals surface area (Å²) in [5, 5.41) is 2.79. The van der Waals surface area contributed by atoms with Crippen LogP contribution in [0.4, 0.5) is 5.69 Å². The van der Waals surface area contributed by atoms with Gasteiger partial charge >= 0.3 is 0 Å². The number of nitrogens with one attached hydrogen (secondary N) is 1. The van der Waals surface area contributed by atoms with Gasteiger partial charge in [-0.05, 0) is 29.8 Å². The highest BCUT2D eigenvalue weighted by Gasteiger charge is 2.16. The molecule has 0 atom stereocenters. The molecule has 5 rings (SSSR count). The molecule has 10 heteroatoms. The summed E-state index contributed by atoms with van der Waals surface area (Å²) in [6.07, 6.45) is 4.85. The highest BCUT2D eigenvalue weighted by Crippen LogP contribution is 2.34. The Kier molecular flexibility index (Phi) is 8.12. The summed E-state index contributed by atoms with van der Waals surface area (Å²) in [5.74, 6) is 1.29. The molecule has 0 aliphatic carbocycles. The summed E-state index contributed by atoms with van der Waals surface area (Å²) in [6.45, 7) is 0. The van der Waals surface area contributed by atoms with E-state index in [1.807, 2.05) is 30.3 Å². The van der Waals surface area contributed by atoms with E-state index in [0.717, 1.165) is 5.56 Å². The molecule has 9 nitrogen and oxygen atoms in total. The van der Waals surface area contributed by atoms with E-state index in [2.05, 4.69) is 15.3 Å². The van der Waals surface area contributed by atoms with Crippen LogP contribution < -0.4 is 25.0 Å². The lowest BCUT2D eigenvalue weighted by Gasteiger charge is -2.12. The van der Waals surface area contributed by atoms with Gasteiger partial charge in [-0.1, -0.05) is 30.3 Å². The summed E-state index contributed by atoms with van der Waals surface area (Å²) < 4.78 is 18.3. The molecular formula is C29H25ClN4O5. The average molecular weight is 545 g/mol. The van der Waals surface area contributed by atoms with Crippen molar-refractivity contribution in [3.63, 3.8) is 0 Å². The monoisotopic (exact) mass is 544 g/mol. The molecule has 0 aliphatic heterocycles. The van der Waals surface area contributed by atoms with Crippen LogP contribution in [0, 0.1) is 0 Å². The van der Waals surface area contributed by atoms with E-state index < -0.39 is 5.91 Å². The smallest absolute Gasteiger partial charge is 0.261 e. The van der Waals surface area contributed by atoms with Crippen LogP contribution in [0.25, 0.3) is 22.2 Å². The fourth-order valence-electron chi connectivity index (χ4n) is 4.01. The summed E-state index contributed by atoms with van der Waals surface area (Å²) in [7, 11) is 4.82. The Morgan fingerprint density at radius 3 is 2.36 bits per heavy atom. The maximum absolute atomic E-state index is 13.1. The number of aryl methyl sites for hydroxylation is 1. The lowest BCUT2D eigenvalue weighted by Crippen LogP contribution is -2.24. The van der Waals surface area contributed by atoms with Crippen LogP contribution in [-0.2, 0) is 7.05 Å². The number of ether oxygens (including phenoxy) is 3. The van der Waals surface area contributed by atoms with Crippen molar-refractivity contribution in [2.75, 3.05) is 19.5 Å². The van der Waals surface area contributed by atoms with Gasteiger partial charge in [-0.3, -0.25) is 14.6 Å². The predicted molar refractivity (Wildman–Crippen MR) is 151 cm³/mol. The minimum Gasteiger partial charge on any atom is -0.491 e. The van der Waals surface area contributed by atoms with E-state index >= 15 is 0 Å². The number of hydrogen-bond donors (Lipinski definition) is 1. The molecular weight excluding hydrogens is 520 g/mol. The van der Waals surface area contributed by atoms with Crippen LogP contribution in [0.5, 0.6) is 23.1 Å². The van der Waals surface area contributed by atoms with Gasteiger partial charge in [-0.15, -0.1) is 12.4 Å². The number of benzene rings is 2. The number of carbonyl (C=O) groups is 1. The van der Waals surface area contributed by atoms with Crippen molar-refractivity contribution in [3.05, 3.63) is 101 Å². The fraction of sp³-hybridized carbons (Fsp3) is 0.103. The Labute approximate surface area is 230 Å². The second-order valence-electron chi connectivity index (χ2n) is 8.40. The van der Waals surface area contributed by atoms with Crippen LogP contribution in [0.1, 0.15) is 10.4 Å². The zero-order chi connectivity index (χ0) is 26.6. The van der Waals surface area contributed by atoms with E-state index in [-0.39, 0.29) is 23.4 Å². The molecule has 0 bridgehead atoms. The Hall–Kier alpha value is -4.89. The van der Waals surface area contributed by atoms with Gasteiger partial charge in [0.05, 0.1) is 19.7 Å². The van der Waals surface area contributed by atoms with Crippen molar-refractivity contribution < 1.29 is 19.0 Å². The Bertz CT molecular complexity index is 1690. The van der Waals surface area contributed by atoms with Crippen molar-refractivity contribution in [1.29, 1.82) is 0 Å². The van der Waals surface area contributed by atoms with Gasteiger partial charge in [0.15, 0.2) is 11.5 Å². The number of hydrogen-bond acceptors (Lipinski definition) is 7. The molecule has 0 unspecified atom stereocenters. The first-order valence-electron chi connectivity index (χ1n) is 11.7. The van der Waals surface area contributed by atoms with Crippen molar-refractivity contribution in [2.45, 2.75) is 0 Å². The van der Waals surface area contributed by atoms with Gasteiger partial charge in [0.2, 0.25) is 5.43 Å². The van der Waals surface area contributed by atoms with Crippen molar-refractivity contribution in [2.24, 2.45) is 7.05 Å². The molecule has 3 heterocycles. The quantitative estimate of drug-likeness (QED) is 0.289. The molecule has 5 aromatic rings. The number of pyridine rings is 3. The van der Waals surface area contributed by atoms with E-state index in [1.54, 1.807) is 60.4 Å². The van der Waals surface area contributed by atoms with Crippen LogP contribution in [0.3, 0.4) is 0 Å². The van der Waals surface area contributed by atoms with Crippen LogP contribution in [-0.4, -0.2) is 34.7 Å². The molecule has 0 spiro atoms. The lowest BCUT2D eigenvalue weighted by atomic mass is 10.0. The third kappa shape index (κ3) is 5.68. The van der Waals surface area contributed by atoms with Crippen molar-refractivity contribution >= 4 is 35.0 Å². The zero-order valence-electron chi connectivity index (χ0n) is 21.4. The molecule has 1 amide bonds. The molecule has 0 aliphatic rings. The first-order valence-corrected chi connectivity index (χ1v) is 11.7. The highest BCUT2D eigenvalue weighted by atomic mass is 35.5. The zero-order valence-corrected chi connectivity index (χ0v) is 22.2. The third-order valence-electron chi connectivity index (χ3n) is 5.84. The number of carbonyl (C=O) groups excluding carboxylic acids is 1. The summed E-state index contributed by atoms with van der Waals surface area (Å²) >= 11 is 0. The van der Waals surface area contributed by atoms with Gasteiger partial charge in [-0.25, -0.2) is 4.98 Å². The number of nitrogens with zero attached hydrogens (tertiary/aromatic N) is 3. The standard InChI is InChI=1S/C29H24N4O5.ClH/c1-33-16-21(18-7-5-4-6-8-18)27(34)22(17-33)28(35)31-19-9-11-20(12-10-19)38-24-13-14-30-23-15-25(36-2)29(37-3)32-26(23)24;/h4-17H,1-3H3,(H,31,35);1H. The molecule has 1 N–H and O–H groups in total. The second-order valence-corrected chi connectivity index (χ2v) is 8.40. The molecule has 2 aromatic carbocycles. The molecule has 0 saturated heterocycles. The normalized spacial score (nSPS) is 10.4. The minimum atomic E-state index is -0.498. The number of aromatic nitrogens is 3. The Morgan fingerprint density at radius 1 is 0.923 bits per heavy atom. The molecule has 198 valence electrons. The summed E-state index contributed by atoms with van der Waals surface area (Å²) in [4.78, 5) is 34.9. The van der Waals surface area contributed by atoms with E-state index in [4.69, 9.17) is 14.2 Å².